The van der Waals surface area contributed by atoms with Crippen molar-refractivity contribution in [2.45, 2.75) is 11.8 Å². The molecule has 0 saturated carbocycles. The number of sulfonamides is 1. The van der Waals surface area contributed by atoms with Crippen LogP contribution in [0.4, 0.5) is 5.69 Å². The highest BCUT2D eigenvalue weighted by Gasteiger charge is 2.28. The van der Waals surface area contributed by atoms with Crippen LogP contribution in [0.25, 0.3) is 0 Å². The van der Waals surface area contributed by atoms with Gasteiger partial charge in [-0.15, -0.1) is 0 Å². The van der Waals surface area contributed by atoms with E-state index in [2.05, 4.69) is 5.32 Å². The molecule has 0 heterocycles. The highest BCUT2D eigenvalue weighted by molar-refractivity contribution is 7.89. The van der Waals surface area contributed by atoms with Crippen molar-refractivity contribution in [2.24, 2.45) is 0 Å². The summed E-state index contributed by atoms with van der Waals surface area (Å²) in [6, 6.07) is 4.28. The highest BCUT2D eigenvalue weighted by atomic mass is 32.2. The summed E-state index contributed by atoms with van der Waals surface area (Å²) in [4.78, 5) is 11.4. The van der Waals surface area contributed by atoms with E-state index in [4.69, 9.17) is 10.5 Å². The van der Waals surface area contributed by atoms with Gasteiger partial charge in [0.1, 0.15) is 10.6 Å². The minimum atomic E-state index is -3.82. The molecule has 1 aromatic rings. The Morgan fingerprint density at radius 2 is 2.10 bits per heavy atom. The van der Waals surface area contributed by atoms with Crippen molar-refractivity contribution >= 4 is 21.6 Å². The van der Waals surface area contributed by atoms with Crippen LogP contribution in [0.2, 0.25) is 0 Å². The van der Waals surface area contributed by atoms with Gasteiger partial charge in [0.15, 0.2) is 0 Å². The topological polar surface area (TPSA) is 102 Å². The van der Waals surface area contributed by atoms with Crippen molar-refractivity contribution in [3.05, 3.63) is 18.2 Å². The molecule has 7 nitrogen and oxygen atoms in total. The van der Waals surface area contributed by atoms with Crippen LogP contribution in [0, 0.1) is 0 Å². The van der Waals surface area contributed by atoms with E-state index in [1.165, 1.54) is 32.4 Å². The summed E-state index contributed by atoms with van der Waals surface area (Å²) < 4.78 is 31.2. The number of anilines is 1. The van der Waals surface area contributed by atoms with Crippen molar-refractivity contribution in [3.63, 3.8) is 0 Å². The summed E-state index contributed by atoms with van der Waals surface area (Å²) in [5, 5.41) is 2.39. The van der Waals surface area contributed by atoms with Gasteiger partial charge in [0, 0.05) is 25.3 Å². The number of rotatable bonds is 6. The molecule has 0 bridgehead atoms. The number of amides is 1. The second-order valence-electron chi connectivity index (χ2n) is 4.01. The summed E-state index contributed by atoms with van der Waals surface area (Å²) in [5.41, 5.74) is 6.00. The van der Waals surface area contributed by atoms with Crippen LogP contribution in [0.1, 0.15) is 6.92 Å². The molecule has 0 saturated heterocycles. The lowest BCUT2D eigenvalue weighted by Gasteiger charge is -2.21. The number of hydrogen-bond donors (Lipinski definition) is 2. The molecule has 0 atom stereocenters. The third-order valence-corrected chi connectivity index (χ3v) is 4.72. The van der Waals surface area contributed by atoms with Gasteiger partial charge in [-0.2, -0.15) is 4.31 Å². The quantitative estimate of drug-likeness (QED) is 0.722. The molecule has 0 aliphatic carbocycles. The van der Waals surface area contributed by atoms with Crippen LogP contribution in [-0.4, -0.2) is 45.9 Å². The Bertz CT molecular complexity index is 586. The number of ether oxygens (including phenoxy) is 1. The summed E-state index contributed by atoms with van der Waals surface area (Å²) in [6.45, 7) is 1.58. The molecular weight excluding hydrogens is 282 g/mol. The Morgan fingerprint density at radius 3 is 2.60 bits per heavy atom. The monoisotopic (exact) mass is 301 g/mol. The number of hydrogen-bond acceptors (Lipinski definition) is 5. The van der Waals surface area contributed by atoms with Gasteiger partial charge in [0.05, 0.1) is 13.7 Å². The van der Waals surface area contributed by atoms with Gasteiger partial charge in [-0.1, -0.05) is 6.92 Å². The maximum Gasteiger partial charge on any atom is 0.247 e. The van der Waals surface area contributed by atoms with Crippen LogP contribution in [0.5, 0.6) is 5.75 Å². The smallest absolute Gasteiger partial charge is 0.247 e. The molecule has 112 valence electrons. The van der Waals surface area contributed by atoms with Crippen molar-refractivity contribution < 1.29 is 17.9 Å². The van der Waals surface area contributed by atoms with Crippen LogP contribution in [0.15, 0.2) is 23.1 Å². The number of likely N-dealkylation sites (N-methyl/N-ethyl adjacent to an activating group) is 2. The van der Waals surface area contributed by atoms with E-state index in [-0.39, 0.29) is 29.6 Å². The fraction of sp³-hybridized carbons (Fsp3) is 0.417. The fourth-order valence-corrected chi connectivity index (χ4v) is 3.18. The van der Waals surface area contributed by atoms with Gasteiger partial charge in [0.25, 0.3) is 0 Å². The minimum absolute atomic E-state index is 0.0139. The van der Waals surface area contributed by atoms with E-state index in [1.807, 2.05) is 0 Å². The summed E-state index contributed by atoms with van der Waals surface area (Å²) >= 11 is 0. The van der Waals surface area contributed by atoms with Crippen LogP contribution in [-0.2, 0) is 14.8 Å². The largest absolute Gasteiger partial charge is 0.495 e. The molecule has 20 heavy (non-hydrogen) atoms. The van der Waals surface area contributed by atoms with Gasteiger partial charge in [-0.3, -0.25) is 4.79 Å². The molecule has 0 aliphatic rings. The summed E-state index contributed by atoms with van der Waals surface area (Å²) in [5.74, 6) is -0.231. The Morgan fingerprint density at radius 1 is 1.45 bits per heavy atom. The maximum absolute atomic E-state index is 12.5. The molecule has 1 aromatic carbocycles. The Labute approximate surface area is 118 Å². The average Bonchev–Trinajstić information content (AvgIpc) is 2.43. The van der Waals surface area contributed by atoms with Crippen molar-refractivity contribution in [2.75, 3.05) is 33.0 Å². The van der Waals surface area contributed by atoms with Crippen LogP contribution >= 0.6 is 0 Å². The van der Waals surface area contributed by atoms with E-state index in [1.54, 1.807) is 6.92 Å². The number of nitrogens with two attached hydrogens (primary N) is 1. The van der Waals surface area contributed by atoms with Crippen LogP contribution in [0.3, 0.4) is 0 Å². The molecule has 1 amide bonds. The zero-order valence-corrected chi connectivity index (χ0v) is 12.5. The molecule has 0 fully saturated rings. The Kier molecular flexibility index (Phi) is 5.34. The first kappa shape index (κ1) is 16.3. The SMILES string of the molecule is CCN(CC(=O)NC)S(=O)(=O)c1ccc(N)cc1OC. The second kappa shape index (κ2) is 6.58. The van der Waals surface area contributed by atoms with Crippen molar-refractivity contribution in [1.82, 2.24) is 9.62 Å². The van der Waals surface area contributed by atoms with Crippen LogP contribution < -0.4 is 15.8 Å². The van der Waals surface area contributed by atoms with Crippen molar-refractivity contribution in [3.8, 4) is 5.75 Å². The number of nitrogens with zero attached hydrogens (tertiary/aromatic N) is 1. The minimum Gasteiger partial charge on any atom is -0.495 e. The number of benzene rings is 1. The molecule has 0 aromatic heterocycles. The number of carbonyl (C=O) groups is 1. The highest BCUT2D eigenvalue weighted by Crippen LogP contribution is 2.28. The summed E-state index contributed by atoms with van der Waals surface area (Å²) in [6.07, 6.45) is 0. The lowest BCUT2D eigenvalue weighted by Crippen LogP contribution is -2.39. The lowest BCUT2D eigenvalue weighted by molar-refractivity contribution is -0.120. The molecule has 8 heteroatoms. The molecule has 3 N–H and O–H groups in total. The zero-order chi connectivity index (χ0) is 15.3. The summed E-state index contributed by atoms with van der Waals surface area (Å²) in [7, 11) is -1.01. The lowest BCUT2D eigenvalue weighted by atomic mass is 10.3. The molecule has 0 unspecified atom stereocenters. The van der Waals surface area contributed by atoms with E-state index in [0.29, 0.717) is 5.69 Å². The van der Waals surface area contributed by atoms with E-state index >= 15 is 0 Å². The molecule has 0 aliphatic heterocycles. The normalized spacial score (nSPS) is 11.4. The Balaban J connectivity index is 3.23. The third-order valence-electron chi connectivity index (χ3n) is 2.76. The van der Waals surface area contributed by atoms with Crippen molar-refractivity contribution in [1.29, 1.82) is 0 Å². The molecular formula is C12H19N3O4S. The fourth-order valence-electron chi connectivity index (χ4n) is 1.64. The first-order valence-electron chi connectivity index (χ1n) is 6.01. The molecule has 0 spiro atoms. The number of carbonyl (C=O) groups excluding carboxylic acids is 1. The van der Waals surface area contributed by atoms with Gasteiger partial charge in [0.2, 0.25) is 15.9 Å². The van der Waals surface area contributed by atoms with E-state index in [9.17, 15) is 13.2 Å². The first-order chi connectivity index (χ1) is 9.36. The van der Waals surface area contributed by atoms with E-state index < -0.39 is 10.0 Å². The van der Waals surface area contributed by atoms with Gasteiger partial charge in [-0.05, 0) is 12.1 Å². The number of methoxy groups -OCH3 is 1. The first-order valence-corrected chi connectivity index (χ1v) is 7.45. The third kappa shape index (κ3) is 3.40. The molecule has 0 radical (unpaired) electrons. The standard InChI is InChI=1S/C12H19N3O4S/c1-4-15(8-12(16)14-2)20(17,18)11-6-5-9(13)7-10(11)19-3/h5-7H,4,8,13H2,1-3H3,(H,14,16). The van der Waals surface area contributed by atoms with Gasteiger partial charge in [-0.25, -0.2) is 8.42 Å². The zero-order valence-electron chi connectivity index (χ0n) is 11.7. The average molecular weight is 301 g/mol. The van der Waals surface area contributed by atoms with E-state index in [0.717, 1.165) is 4.31 Å². The predicted octanol–water partition coefficient (Wildman–Crippen LogP) is 0.0340. The second-order valence-corrected chi connectivity index (χ2v) is 5.92. The number of nitrogen functional groups attached to an aromatic ring is 1. The maximum atomic E-state index is 12.5. The Hall–Kier alpha value is -1.80. The van der Waals surface area contributed by atoms with Gasteiger partial charge < -0.3 is 15.8 Å². The molecule has 1 rings (SSSR count). The predicted molar refractivity (Wildman–Crippen MR) is 75.9 cm³/mol. The van der Waals surface area contributed by atoms with Gasteiger partial charge >= 0.3 is 0 Å². The number of nitrogens with one attached hydrogen (secondary N) is 1.